The van der Waals surface area contributed by atoms with Crippen LogP contribution in [0.25, 0.3) is 0 Å². The summed E-state index contributed by atoms with van der Waals surface area (Å²) in [5.41, 5.74) is 0. The van der Waals surface area contributed by atoms with Gasteiger partial charge in [-0.15, -0.1) is 0 Å². The lowest BCUT2D eigenvalue weighted by Crippen LogP contribution is -2.74. The van der Waals surface area contributed by atoms with Gasteiger partial charge in [0.25, 0.3) is 0 Å². The standard InChI is InChI=1S/C8H5F14NO/c1-23-7(19,20)5(15,16)3(11,12)2(9,10)4(13,14)6(17,18)8(21,22)24/h23-24H,1H3. The molecule has 0 aromatic rings. The van der Waals surface area contributed by atoms with Crippen LogP contribution in [-0.2, 0) is 0 Å². The summed E-state index contributed by atoms with van der Waals surface area (Å²) in [4.78, 5) is 0. The average molecular weight is 397 g/mol. The number of alkyl halides is 14. The predicted octanol–water partition coefficient (Wildman–Crippen LogP) is 3.56. The van der Waals surface area contributed by atoms with Gasteiger partial charge in [0.15, 0.2) is 0 Å². The Balaban J connectivity index is 6.42. The second-order valence-corrected chi connectivity index (χ2v) is 4.24. The highest BCUT2D eigenvalue weighted by atomic mass is 19.4. The Morgan fingerprint density at radius 3 is 1.00 bits per heavy atom. The highest BCUT2D eigenvalue weighted by Gasteiger charge is 2.93. The van der Waals surface area contributed by atoms with Crippen LogP contribution in [0.1, 0.15) is 0 Å². The molecule has 0 aromatic carbocycles. The van der Waals surface area contributed by atoms with Crippen molar-refractivity contribution in [2.24, 2.45) is 0 Å². The van der Waals surface area contributed by atoms with Gasteiger partial charge in [-0.25, -0.2) is 0 Å². The molecule has 0 bridgehead atoms. The van der Waals surface area contributed by atoms with Crippen molar-refractivity contribution in [3.63, 3.8) is 0 Å². The van der Waals surface area contributed by atoms with Gasteiger partial charge in [0.2, 0.25) is 0 Å². The smallest absolute Gasteiger partial charge is 0.331 e. The molecule has 0 amide bonds. The second kappa shape index (κ2) is 5.47. The zero-order valence-electron chi connectivity index (χ0n) is 10.7. The van der Waals surface area contributed by atoms with Gasteiger partial charge in [0.05, 0.1) is 0 Å². The summed E-state index contributed by atoms with van der Waals surface area (Å²) < 4.78 is 177. The van der Waals surface area contributed by atoms with E-state index in [1.807, 2.05) is 0 Å². The van der Waals surface area contributed by atoms with E-state index in [4.69, 9.17) is 5.11 Å². The van der Waals surface area contributed by atoms with Crippen LogP contribution >= 0.6 is 0 Å². The molecular formula is C8H5F14NO. The molecule has 0 rings (SSSR count). The highest BCUT2D eigenvalue weighted by molar-refractivity contribution is 5.12. The average Bonchev–Trinajstić information content (AvgIpc) is 2.36. The summed E-state index contributed by atoms with van der Waals surface area (Å²) in [6, 6.07) is -6.34. The van der Waals surface area contributed by atoms with E-state index in [1.54, 1.807) is 0 Å². The first-order valence-electron chi connectivity index (χ1n) is 5.12. The van der Waals surface area contributed by atoms with Gasteiger partial charge < -0.3 is 5.11 Å². The van der Waals surface area contributed by atoms with Crippen LogP contribution in [-0.4, -0.2) is 53.9 Å². The van der Waals surface area contributed by atoms with Gasteiger partial charge in [-0.2, -0.15) is 61.5 Å². The first-order chi connectivity index (χ1) is 10.1. The molecule has 16 heteroatoms. The maximum absolute atomic E-state index is 12.9. The molecule has 0 atom stereocenters. The maximum Gasteiger partial charge on any atom is 0.423 e. The van der Waals surface area contributed by atoms with Gasteiger partial charge in [0.1, 0.15) is 0 Å². The van der Waals surface area contributed by atoms with E-state index >= 15 is 0 Å². The molecule has 2 nitrogen and oxygen atoms in total. The van der Waals surface area contributed by atoms with E-state index in [1.165, 1.54) is 0 Å². The van der Waals surface area contributed by atoms with Crippen LogP contribution in [0.5, 0.6) is 0 Å². The van der Waals surface area contributed by atoms with Crippen molar-refractivity contribution in [2.75, 3.05) is 7.05 Å². The third kappa shape index (κ3) is 2.66. The zero-order chi connectivity index (χ0) is 20.2. The Labute approximate surface area is 122 Å². The summed E-state index contributed by atoms with van der Waals surface area (Å²) in [7, 11) is -0.212. The van der Waals surface area contributed by atoms with Crippen molar-refractivity contribution in [3.8, 4) is 0 Å². The van der Waals surface area contributed by atoms with Crippen molar-refractivity contribution in [2.45, 2.75) is 41.8 Å². The van der Waals surface area contributed by atoms with Crippen LogP contribution in [0.3, 0.4) is 0 Å². The van der Waals surface area contributed by atoms with Crippen molar-refractivity contribution in [1.29, 1.82) is 0 Å². The molecule has 0 saturated carbocycles. The number of aliphatic hydroxyl groups is 1. The Morgan fingerprint density at radius 2 is 0.750 bits per heavy atom. The van der Waals surface area contributed by atoms with Gasteiger partial charge >= 0.3 is 41.8 Å². The van der Waals surface area contributed by atoms with Gasteiger partial charge in [-0.1, -0.05) is 0 Å². The fraction of sp³-hybridized carbons (Fsp3) is 1.00. The first-order valence-corrected chi connectivity index (χ1v) is 5.12. The van der Waals surface area contributed by atoms with E-state index in [2.05, 4.69) is 0 Å². The first kappa shape index (κ1) is 22.9. The molecule has 24 heavy (non-hydrogen) atoms. The monoisotopic (exact) mass is 397 g/mol. The molecule has 0 aliphatic heterocycles. The van der Waals surface area contributed by atoms with Crippen LogP contribution in [0.15, 0.2) is 0 Å². The fourth-order valence-corrected chi connectivity index (χ4v) is 1.13. The zero-order valence-corrected chi connectivity index (χ0v) is 10.7. The summed E-state index contributed by atoms with van der Waals surface area (Å²) in [6.07, 6.45) is -7.09. The maximum atomic E-state index is 12.9. The minimum atomic E-state index is -8.15. The van der Waals surface area contributed by atoms with Crippen LogP contribution in [0.4, 0.5) is 61.5 Å². The van der Waals surface area contributed by atoms with Crippen molar-refractivity contribution >= 4 is 0 Å². The van der Waals surface area contributed by atoms with Crippen molar-refractivity contribution < 1.29 is 66.6 Å². The van der Waals surface area contributed by atoms with Gasteiger partial charge in [-0.05, 0) is 7.05 Å². The predicted molar refractivity (Wildman–Crippen MR) is 45.9 cm³/mol. The fourth-order valence-electron chi connectivity index (χ4n) is 1.13. The Bertz CT molecular complexity index is 466. The largest absolute Gasteiger partial charge is 0.423 e. The molecule has 0 aromatic heterocycles. The molecule has 0 spiro atoms. The molecule has 0 radical (unpaired) electrons. The third-order valence-electron chi connectivity index (χ3n) is 2.66. The lowest BCUT2D eigenvalue weighted by atomic mass is 9.93. The number of rotatable bonds is 7. The van der Waals surface area contributed by atoms with Gasteiger partial charge in [0, 0.05) is 0 Å². The Hall–Kier alpha value is -1.06. The number of hydrogen-bond acceptors (Lipinski definition) is 2. The van der Waals surface area contributed by atoms with E-state index in [9.17, 15) is 61.5 Å². The lowest BCUT2D eigenvalue weighted by Gasteiger charge is -2.41. The molecule has 146 valence electrons. The topological polar surface area (TPSA) is 32.3 Å². The van der Waals surface area contributed by atoms with Crippen LogP contribution < -0.4 is 5.32 Å². The highest BCUT2D eigenvalue weighted by Crippen LogP contribution is 2.61. The minimum absolute atomic E-state index is 0.0536. The Kier molecular flexibility index (Phi) is 5.23. The van der Waals surface area contributed by atoms with E-state index in [0.29, 0.717) is 0 Å². The summed E-state index contributed by atoms with van der Waals surface area (Å²) in [5.74, 6) is -39.4. The SMILES string of the molecule is CNC(F)(F)C(F)(F)C(F)(F)C(F)(F)C(F)(F)C(F)(F)C(O)(F)F. The van der Waals surface area contributed by atoms with Crippen molar-refractivity contribution in [3.05, 3.63) is 0 Å². The molecule has 0 heterocycles. The van der Waals surface area contributed by atoms with Crippen molar-refractivity contribution in [1.82, 2.24) is 5.32 Å². The molecule has 0 aliphatic rings. The third-order valence-corrected chi connectivity index (χ3v) is 2.66. The number of nitrogens with one attached hydrogen (secondary N) is 1. The van der Waals surface area contributed by atoms with Crippen LogP contribution in [0.2, 0.25) is 0 Å². The molecule has 0 saturated heterocycles. The molecule has 0 aliphatic carbocycles. The molecular weight excluding hydrogens is 392 g/mol. The summed E-state index contributed by atoms with van der Waals surface area (Å²) >= 11 is 0. The molecule has 0 unspecified atom stereocenters. The second-order valence-electron chi connectivity index (χ2n) is 4.24. The quantitative estimate of drug-likeness (QED) is 0.509. The number of halogens is 14. The number of hydrogen-bond donors (Lipinski definition) is 2. The van der Waals surface area contributed by atoms with Crippen LogP contribution in [0, 0.1) is 0 Å². The summed E-state index contributed by atoms with van der Waals surface area (Å²) in [6.45, 7) is 0. The van der Waals surface area contributed by atoms with E-state index in [0.717, 1.165) is 0 Å². The molecule has 2 N–H and O–H groups in total. The van der Waals surface area contributed by atoms with E-state index < -0.39 is 41.8 Å². The Morgan fingerprint density at radius 1 is 0.500 bits per heavy atom. The summed E-state index contributed by atoms with van der Waals surface area (Å²) in [5, 5.41) is 7.48. The molecule has 0 fully saturated rings. The lowest BCUT2D eigenvalue weighted by molar-refractivity contribution is -0.462. The minimum Gasteiger partial charge on any atom is -0.331 e. The van der Waals surface area contributed by atoms with E-state index in [-0.39, 0.29) is 12.4 Å². The van der Waals surface area contributed by atoms with Gasteiger partial charge in [-0.3, -0.25) is 5.32 Å². The normalized spacial score (nSPS) is 16.5.